The molecule has 0 aliphatic carbocycles. The van der Waals surface area contributed by atoms with Gasteiger partial charge in [-0.1, -0.05) is 65.8 Å². The maximum absolute atomic E-state index is 6.25. The molecule has 1 aliphatic heterocycles. The van der Waals surface area contributed by atoms with Gasteiger partial charge in [-0.05, 0) is 30.5 Å². The molecular formula is C17H17ClN2S. The number of amidine groups is 1. The van der Waals surface area contributed by atoms with Crippen molar-refractivity contribution in [3.05, 3.63) is 64.7 Å². The first-order valence-electron chi connectivity index (χ1n) is 6.99. The molecule has 0 radical (unpaired) electrons. The number of benzene rings is 2. The van der Waals surface area contributed by atoms with Gasteiger partial charge in [0.05, 0.1) is 16.8 Å². The van der Waals surface area contributed by atoms with Crippen molar-refractivity contribution in [1.82, 2.24) is 0 Å². The predicted octanol–water partition coefficient (Wildman–Crippen LogP) is 4.77. The van der Waals surface area contributed by atoms with Crippen LogP contribution in [0.2, 0.25) is 5.02 Å². The van der Waals surface area contributed by atoms with Gasteiger partial charge in [0.15, 0.2) is 5.17 Å². The summed E-state index contributed by atoms with van der Waals surface area (Å²) < 4.78 is 0. The minimum absolute atomic E-state index is 0.336. The fourth-order valence-corrected chi connectivity index (χ4v) is 3.58. The van der Waals surface area contributed by atoms with E-state index in [-0.39, 0.29) is 0 Å². The zero-order valence-corrected chi connectivity index (χ0v) is 13.4. The van der Waals surface area contributed by atoms with Crippen LogP contribution in [0.15, 0.2) is 53.5 Å². The van der Waals surface area contributed by atoms with Gasteiger partial charge in [0.2, 0.25) is 0 Å². The number of hydrogen-bond acceptors (Lipinski definition) is 3. The van der Waals surface area contributed by atoms with Crippen LogP contribution in [0.4, 0.5) is 5.69 Å². The molecule has 1 N–H and O–H groups in total. The van der Waals surface area contributed by atoms with E-state index < -0.39 is 0 Å². The van der Waals surface area contributed by atoms with Gasteiger partial charge in [-0.2, -0.15) is 0 Å². The molecule has 3 rings (SSSR count). The van der Waals surface area contributed by atoms with E-state index >= 15 is 0 Å². The van der Waals surface area contributed by atoms with Crippen LogP contribution in [0.25, 0.3) is 0 Å². The molecule has 108 valence electrons. The minimum atomic E-state index is 0.336. The van der Waals surface area contributed by atoms with Crippen LogP contribution >= 0.6 is 23.4 Å². The Morgan fingerprint density at radius 3 is 2.76 bits per heavy atom. The number of aryl methyl sites for hydroxylation is 1. The van der Waals surface area contributed by atoms with Crippen LogP contribution in [0.1, 0.15) is 11.1 Å². The molecule has 2 aromatic rings. The summed E-state index contributed by atoms with van der Waals surface area (Å²) >= 11 is 8.01. The second kappa shape index (κ2) is 6.54. The zero-order valence-electron chi connectivity index (χ0n) is 11.8. The molecule has 21 heavy (non-hydrogen) atoms. The van der Waals surface area contributed by atoms with E-state index in [1.807, 2.05) is 18.2 Å². The molecule has 0 aromatic heterocycles. The van der Waals surface area contributed by atoms with E-state index in [0.29, 0.717) is 6.04 Å². The Balaban J connectivity index is 1.69. The van der Waals surface area contributed by atoms with Crippen LogP contribution in [0.3, 0.4) is 0 Å². The van der Waals surface area contributed by atoms with Gasteiger partial charge in [-0.25, -0.2) is 0 Å². The lowest BCUT2D eigenvalue weighted by molar-refractivity contribution is 0.762. The lowest BCUT2D eigenvalue weighted by atomic mass is 10.1. The smallest absolute Gasteiger partial charge is 0.161 e. The molecular weight excluding hydrogens is 300 g/mol. The number of thioether (sulfide) groups is 1. The number of halogens is 1. The third-order valence-corrected chi connectivity index (χ3v) is 4.83. The molecule has 0 saturated carbocycles. The standard InChI is InChI=1S/C17H17ClN2S/c1-12-6-5-9-15(18)16(12)20-17-19-14(11-21-17)10-13-7-3-2-4-8-13/h2-9,14H,10-11H2,1H3,(H,19,20). The minimum Gasteiger partial charge on any atom is -0.334 e. The van der Waals surface area contributed by atoms with Crippen molar-refractivity contribution in [2.24, 2.45) is 4.99 Å². The SMILES string of the molecule is Cc1cccc(Cl)c1NC1=NC(Cc2ccccc2)CS1. The van der Waals surface area contributed by atoms with Crippen LogP contribution in [-0.2, 0) is 6.42 Å². The molecule has 2 nitrogen and oxygen atoms in total. The molecule has 1 heterocycles. The summed E-state index contributed by atoms with van der Waals surface area (Å²) in [5.74, 6) is 1.01. The monoisotopic (exact) mass is 316 g/mol. The van der Waals surface area contributed by atoms with Crippen molar-refractivity contribution < 1.29 is 0 Å². The summed E-state index contributed by atoms with van der Waals surface area (Å²) in [5, 5.41) is 5.08. The first kappa shape index (κ1) is 14.5. The highest BCUT2D eigenvalue weighted by Gasteiger charge is 2.19. The average molecular weight is 317 g/mol. The highest BCUT2D eigenvalue weighted by Crippen LogP contribution is 2.29. The molecule has 0 fully saturated rings. The number of nitrogens with zero attached hydrogens (tertiary/aromatic N) is 1. The van der Waals surface area contributed by atoms with Gasteiger partial charge >= 0.3 is 0 Å². The fraction of sp³-hybridized carbons (Fsp3) is 0.235. The first-order valence-corrected chi connectivity index (χ1v) is 8.35. The van der Waals surface area contributed by atoms with E-state index in [4.69, 9.17) is 16.6 Å². The Bertz CT molecular complexity index is 635. The highest BCUT2D eigenvalue weighted by molar-refractivity contribution is 8.14. The predicted molar refractivity (Wildman–Crippen MR) is 93.6 cm³/mol. The molecule has 0 bridgehead atoms. The second-order valence-corrected chi connectivity index (χ2v) is 6.56. The third-order valence-electron chi connectivity index (χ3n) is 3.48. The Labute approximate surface area is 134 Å². The molecule has 0 saturated heterocycles. The molecule has 0 spiro atoms. The highest BCUT2D eigenvalue weighted by atomic mass is 35.5. The van der Waals surface area contributed by atoms with Gasteiger partial charge < -0.3 is 5.32 Å². The van der Waals surface area contributed by atoms with Gasteiger partial charge in [0, 0.05) is 5.75 Å². The number of para-hydroxylation sites is 1. The van der Waals surface area contributed by atoms with Crippen molar-refractivity contribution in [2.45, 2.75) is 19.4 Å². The summed E-state index contributed by atoms with van der Waals surface area (Å²) in [5.41, 5.74) is 3.44. The van der Waals surface area contributed by atoms with E-state index in [1.54, 1.807) is 11.8 Å². The number of rotatable bonds is 3. The average Bonchev–Trinajstić information content (AvgIpc) is 2.91. The lowest BCUT2D eigenvalue weighted by Gasteiger charge is -2.10. The zero-order chi connectivity index (χ0) is 14.7. The van der Waals surface area contributed by atoms with Crippen molar-refractivity contribution >= 4 is 34.2 Å². The van der Waals surface area contributed by atoms with Crippen molar-refractivity contribution in [2.75, 3.05) is 11.1 Å². The Morgan fingerprint density at radius 1 is 1.19 bits per heavy atom. The van der Waals surface area contributed by atoms with Gasteiger partial charge in [-0.3, -0.25) is 4.99 Å². The van der Waals surface area contributed by atoms with Crippen LogP contribution in [0.5, 0.6) is 0 Å². The number of nitrogens with one attached hydrogen (secondary N) is 1. The van der Waals surface area contributed by atoms with Crippen LogP contribution in [0, 0.1) is 6.92 Å². The molecule has 1 unspecified atom stereocenters. The van der Waals surface area contributed by atoms with Crippen molar-refractivity contribution in [3.63, 3.8) is 0 Å². The quantitative estimate of drug-likeness (QED) is 0.881. The summed E-state index contributed by atoms with van der Waals surface area (Å²) in [6, 6.07) is 16.8. The lowest BCUT2D eigenvalue weighted by Crippen LogP contribution is -2.09. The van der Waals surface area contributed by atoms with E-state index in [9.17, 15) is 0 Å². The van der Waals surface area contributed by atoms with Gasteiger partial charge in [0.1, 0.15) is 0 Å². The molecule has 1 aliphatic rings. The molecule has 2 aromatic carbocycles. The Hall–Kier alpha value is -1.45. The largest absolute Gasteiger partial charge is 0.334 e. The van der Waals surface area contributed by atoms with Gasteiger partial charge in [0.25, 0.3) is 0 Å². The summed E-state index contributed by atoms with van der Waals surface area (Å²) in [4.78, 5) is 4.77. The second-order valence-electron chi connectivity index (χ2n) is 5.15. The van der Waals surface area contributed by atoms with E-state index in [2.05, 4.69) is 42.6 Å². The van der Waals surface area contributed by atoms with Crippen molar-refractivity contribution in [1.29, 1.82) is 0 Å². The van der Waals surface area contributed by atoms with Crippen LogP contribution < -0.4 is 5.32 Å². The topological polar surface area (TPSA) is 24.4 Å². The number of anilines is 1. The molecule has 4 heteroatoms. The third kappa shape index (κ3) is 3.60. The Kier molecular flexibility index (Phi) is 4.51. The van der Waals surface area contributed by atoms with Gasteiger partial charge in [-0.15, -0.1) is 0 Å². The number of aliphatic imine (C=N–C) groups is 1. The van der Waals surface area contributed by atoms with E-state index in [0.717, 1.165) is 33.6 Å². The fourth-order valence-electron chi connectivity index (χ4n) is 2.37. The maximum Gasteiger partial charge on any atom is 0.161 e. The first-order chi connectivity index (χ1) is 10.2. The molecule has 1 atom stereocenters. The van der Waals surface area contributed by atoms with Crippen LogP contribution in [-0.4, -0.2) is 17.0 Å². The number of hydrogen-bond donors (Lipinski definition) is 1. The maximum atomic E-state index is 6.25. The summed E-state index contributed by atoms with van der Waals surface area (Å²) in [6.45, 7) is 2.05. The van der Waals surface area contributed by atoms with E-state index in [1.165, 1.54) is 5.56 Å². The van der Waals surface area contributed by atoms with Crippen molar-refractivity contribution in [3.8, 4) is 0 Å². The molecule has 0 amide bonds. The Morgan fingerprint density at radius 2 is 2.00 bits per heavy atom. The normalized spacial score (nSPS) is 17.6. The summed E-state index contributed by atoms with van der Waals surface area (Å²) in [7, 11) is 0. The summed E-state index contributed by atoms with van der Waals surface area (Å²) in [6.07, 6.45) is 0.987.